The lowest BCUT2D eigenvalue weighted by Crippen LogP contribution is -2.40. The maximum atomic E-state index is 13.5. The number of aryl methyl sites for hydroxylation is 2. The molecule has 1 N–H and O–H groups in total. The molecule has 2 aliphatic rings. The van der Waals surface area contributed by atoms with Gasteiger partial charge in [-0.25, -0.2) is 4.98 Å². The van der Waals surface area contributed by atoms with Crippen LogP contribution in [0.15, 0.2) is 27.4 Å². The van der Waals surface area contributed by atoms with E-state index in [1.165, 1.54) is 0 Å². The largest absolute Gasteiger partial charge is 0.451 e. The number of hydrogen-bond donors (Lipinski definition) is 1. The van der Waals surface area contributed by atoms with Gasteiger partial charge in [-0.1, -0.05) is 11.6 Å². The van der Waals surface area contributed by atoms with Crippen LogP contribution in [0.2, 0.25) is 0 Å². The minimum absolute atomic E-state index is 0.0666. The number of furan rings is 1. The average molecular weight is 435 g/mol. The van der Waals surface area contributed by atoms with Crippen LogP contribution in [0.1, 0.15) is 71.5 Å². The predicted molar refractivity (Wildman–Crippen MR) is 123 cm³/mol. The zero-order chi connectivity index (χ0) is 22.6. The summed E-state index contributed by atoms with van der Waals surface area (Å²) in [4.78, 5) is 38.4. The van der Waals surface area contributed by atoms with E-state index >= 15 is 0 Å². The molecular weight excluding hydrogens is 404 g/mol. The summed E-state index contributed by atoms with van der Waals surface area (Å²) in [6.07, 6.45) is 2.36. The number of carbonyl (C=O) groups is 1. The standard InChI is InChI=1S/C25H30N4O3/c1-14(2)28-11-9-17-19(13-28)26-23(27-24(17)30)20-6-5-10-29(20)25(31)22-16(4)18-12-15(3)7-8-21(18)32-22/h7-8,12,14,20H,5-6,9-11,13H2,1-4H3,(H,26,27,30)/t20-/m1/s1. The van der Waals surface area contributed by atoms with Gasteiger partial charge < -0.3 is 14.3 Å². The Morgan fingerprint density at radius 1 is 1.25 bits per heavy atom. The van der Waals surface area contributed by atoms with Gasteiger partial charge in [0.25, 0.3) is 11.5 Å². The summed E-state index contributed by atoms with van der Waals surface area (Å²) in [7, 11) is 0. The van der Waals surface area contributed by atoms with Crippen LogP contribution in [-0.2, 0) is 13.0 Å². The molecule has 0 saturated carbocycles. The van der Waals surface area contributed by atoms with Crippen molar-refractivity contribution in [3.63, 3.8) is 0 Å². The molecule has 0 aliphatic carbocycles. The summed E-state index contributed by atoms with van der Waals surface area (Å²) >= 11 is 0. The normalized spacial score (nSPS) is 19.2. The van der Waals surface area contributed by atoms with Gasteiger partial charge >= 0.3 is 0 Å². The average Bonchev–Trinajstić information content (AvgIpc) is 3.38. The molecule has 3 aromatic rings. The monoisotopic (exact) mass is 434 g/mol. The molecule has 1 fully saturated rings. The fourth-order valence-corrected chi connectivity index (χ4v) is 5.04. The Balaban J connectivity index is 1.49. The number of nitrogens with one attached hydrogen (secondary N) is 1. The first kappa shape index (κ1) is 20.9. The highest BCUT2D eigenvalue weighted by Crippen LogP contribution is 2.34. The first-order valence-corrected chi connectivity index (χ1v) is 11.5. The number of nitrogens with zero attached hydrogens (tertiary/aromatic N) is 3. The van der Waals surface area contributed by atoms with Crippen LogP contribution in [0, 0.1) is 13.8 Å². The maximum absolute atomic E-state index is 13.5. The van der Waals surface area contributed by atoms with E-state index in [9.17, 15) is 9.59 Å². The Hall–Kier alpha value is -2.93. The molecule has 32 heavy (non-hydrogen) atoms. The lowest BCUT2D eigenvalue weighted by atomic mass is 10.0. The molecular formula is C25H30N4O3. The molecule has 2 aliphatic heterocycles. The maximum Gasteiger partial charge on any atom is 0.290 e. The summed E-state index contributed by atoms with van der Waals surface area (Å²) in [5.41, 5.74) is 4.28. The quantitative estimate of drug-likeness (QED) is 0.677. The molecule has 1 amide bonds. The third kappa shape index (κ3) is 3.45. The zero-order valence-corrected chi connectivity index (χ0v) is 19.2. The van der Waals surface area contributed by atoms with Crippen LogP contribution in [0.5, 0.6) is 0 Å². The van der Waals surface area contributed by atoms with Crippen molar-refractivity contribution in [1.29, 1.82) is 0 Å². The minimum atomic E-state index is -0.246. The fraction of sp³-hybridized carbons (Fsp3) is 0.480. The van der Waals surface area contributed by atoms with Crippen molar-refractivity contribution in [1.82, 2.24) is 19.8 Å². The van der Waals surface area contributed by atoms with E-state index in [0.29, 0.717) is 37.1 Å². The lowest BCUT2D eigenvalue weighted by molar-refractivity contribution is 0.0698. The molecule has 7 nitrogen and oxygen atoms in total. The zero-order valence-electron chi connectivity index (χ0n) is 19.2. The van der Waals surface area contributed by atoms with Crippen molar-refractivity contribution >= 4 is 16.9 Å². The van der Waals surface area contributed by atoms with Crippen molar-refractivity contribution < 1.29 is 9.21 Å². The lowest BCUT2D eigenvalue weighted by Gasteiger charge is -2.31. The second kappa shape index (κ2) is 7.89. The smallest absolute Gasteiger partial charge is 0.290 e. The number of likely N-dealkylation sites (tertiary alicyclic amines) is 1. The molecule has 1 atom stereocenters. The number of hydrogen-bond acceptors (Lipinski definition) is 5. The predicted octanol–water partition coefficient (Wildman–Crippen LogP) is 3.88. The molecule has 0 unspecified atom stereocenters. The molecule has 1 aromatic carbocycles. The number of fused-ring (bicyclic) bond motifs is 2. The van der Waals surface area contributed by atoms with Crippen molar-refractivity contribution in [2.75, 3.05) is 13.1 Å². The van der Waals surface area contributed by atoms with Gasteiger partial charge in [-0.05, 0) is 59.1 Å². The Labute approximate surface area is 187 Å². The van der Waals surface area contributed by atoms with Gasteiger partial charge in [-0.15, -0.1) is 0 Å². The van der Waals surface area contributed by atoms with Crippen LogP contribution < -0.4 is 5.56 Å². The van der Waals surface area contributed by atoms with Gasteiger partial charge in [-0.2, -0.15) is 0 Å². The van der Waals surface area contributed by atoms with Crippen LogP contribution in [0.4, 0.5) is 0 Å². The summed E-state index contributed by atoms with van der Waals surface area (Å²) in [6.45, 7) is 10.4. The highest BCUT2D eigenvalue weighted by atomic mass is 16.3. The second-order valence-corrected chi connectivity index (χ2v) is 9.40. The Kier molecular flexibility index (Phi) is 5.16. The summed E-state index contributed by atoms with van der Waals surface area (Å²) in [5.74, 6) is 0.835. The molecule has 4 heterocycles. The van der Waals surface area contributed by atoms with Gasteiger partial charge in [0.2, 0.25) is 0 Å². The van der Waals surface area contributed by atoms with Crippen molar-refractivity contribution in [2.24, 2.45) is 0 Å². The summed E-state index contributed by atoms with van der Waals surface area (Å²) in [6, 6.07) is 6.11. The van der Waals surface area contributed by atoms with Gasteiger partial charge in [0.1, 0.15) is 11.4 Å². The molecule has 5 rings (SSSR count). The van der Waals surface area contributed by atoms with Crippen molar-refractivity contribution in [3.8, 4) is 0 Å². The van der Waals surface area contributed by atoms with Gasteiger partial charge in [0.05, 0.1) is 11.7 Å². The number of benzene rings is 1. The molecule has 1 saturated heterocycles. The highest BCUT2D eigenvalue weighted by Gasteiger charge is 2.36. The van der Waals surface area contributed by atoms with Crippen LogP contribution in [0.3, 0.4) is 0 Å². The summed E-state index contributed by atoms with van der Waals surface area (Å²) in [5, 5.41) is 0.971. The number of amides is 1. The van der Waals surface area contributed by atoms with E-state index in [2.05, 4.69) is 29.8 Å². The van der Waals surface area contributed by atoms with E-state index in [1.54, 1.807) is 0 Å². The van der Waals surface area contributed by atoms with E-state index in [1.807, 2.05) is 30.9 Å². The van der Waals surface area contributed by atoms with E-state index in [4.69, 9.17) is 9.40 Å². The molecule has 0 bridgehead atoms. The van der Waals surface area contributed by atoms with Crippen molar-refractivity contribution in [3.05, 3.63) is 62.5 Å². The molecule has 168 valence electrons. The van der Waals surface area contributed by atoms with Gasteiger partial charge in [-0.3, -0.25) is 14.5 Å². The van der Waals surface area contributed by atoms with Crippen molar-refractivity contribution in [2.45, 2.75) is 65.6 Å². The summed E-state index contributed by atoms with van der Waals surface area (Å²) < 4.78 is 5.98. The SMILES string of the molecule is Cc1ccc2oc(C(=O)N3CCC[C@@H]3c3nc4c(c(=O)[nH]3)CCN(C(C)C)C4)c(C)c2c1. The second-order valence-electron chi connectivity index (χ2n) is 9.40. The number of aromatic amines is 1. The molecule has 7 heteroatoms. The first-order valence-electron chi connectivity index (χ1n) is 11.5. The van der Waals surface area contributed by atoms with E-state index in [-0.39, 0.29) is 17.5 Å². The fourth-order valence-electron chi connectivity index (χ4n) is 5.04. The molecule has 0 spiro atoms. The number of rotatable bonds is 3. The molecule has 0 radical (unpaired) electrons. The van der Waals surface area contributed by atoms with Crippen LogP contribution in [-0.4, -0.2) is 44.8 Å². The highest BCUT2D eigenvalue weighted by molar-refractivity contribution is 5.99. The third-order valence-electron chi connectivity index (χ3n) is 6.97. The number of carbonyl (C=O) groups excluding carboxylic acids is 1. The topological polar surface area (TPSA) is 82.4 Å². The van der Waals surface area contributed by atoms with Crippen LogP contribution in [0.25, 0.3) is 11.0 Å². The Morgan fingerprint density at radius 3 is 2.84 bits per heavy atom. The minimum Gasteiger partial charge on any atom is -0.451 e. The Morgan fingerprint density at radius 2 is 2.06 bits per heavy atom. The number of H-pyrrole nitrogens is 1. The van der Waals surface area contributed by atoms with Gasteiger partial charge in [0, 0.05) is 42.2 Å². The van der Waals surface area contributed by atoms with Crippen LogP contribution >= 0.6 is 0 Å². The third-order valence-corrected chi connectivity index (χ3v) is 6.97. The first-order chi connectivity index (χ1) is 15.3. The Bertz CT molecular complexity index is 1260. The number of aromatic nitrogens is 2. The molecule has 2 aromatic heterocycles. The van der Waals surface area contributed by atoms with E-state index < -0.39 is 0 Å². The van der Waals surface area contributed by atoms with Gasteiger partial charge in [0.15, 0.2) is 5.76 Å². The van der Waals surface area contributed by atoms with E-state index in [0.717, 1.165) is 52.7 Å².